The number of rotatable bonds is 5. The smallest absolute Gasteiger partial charge is 0.298 e. The lowest BCUT2D eigenvalue weighted by Gasteiger charge is -2.15. The molecular weight excluding hydrogens is 395 g/mol. The van der Waals surface area contributed by atoms with Crippen LogP contribution >= 0.6 is 23.2 Å². The van der Waals surface area contributed by atoms with Crippen LogP contribution in [0.15, 0.2) is 51.8 Å². The molecule has 0 aliphatic heterocycles. The Morgan fingerprint density at radius 2 is 1.96 bits per heavy atom. The van der Waals surface area contributed by atoms with Crippen molar-refractivity contribution in [3.63, 3.8) is 0 Å². The minimum absolute atomic E-state index is 0.0785. The fourth-order valence-electron chi connectivity index (χ4n) is 2.37. The van der Waals surface area contributed by atoms with Gasteiger partial charge >= 0.3 is 0 Å². The lowest BCUT2D eigenvalue weighted by molar-refractivity contribution is 0.0958. The molecule has 1 unspecified atom stereocenters. The minimum Gasteiger partial charge on any atom is -0.451 e. The van der Waals surface area contributed by atoms with Crippen LogP contribution in [0, 0.1) is 0 Å². The van der Waals surface area contributed by atoms with Crippen LogP contribution < -0.4 is 9.62 Å². The Kier molecular flexibility index (Phi) is 5.55. The zero-order valence-electron chi connectivity index (χ0n) is 14.1. The van der Waals surface area contributed by atoms with E-state index in [2.05, 4.69) is 9.62 Å². The van der Waals surface area contributed by atoms with Crippen LogP contribution in [-0.2, 0) is 11.0 Å². The van der Waals surface area contributed by atoms with Crippen molar-refractivity contribution in [2.75, 3.05) is 18.5 Å². The molecule has 0 spiro atoms. The number of benzene rings is 2. The van der Waals surface area contributed by atoms with Gasteiger partial charge in [0.15, 0.2) is 16.7 Å². The Hall–Kier alpha value is -2.02. The third-order valence-corrected chi connectivity index (χ3v) is 5.71. The van der Waals surface area contributed by atoms with Crippen molar-refractivity contribution in [3.05, 3.63) is 58.3 Å². The molecule has 0 radical (unpaired) electrons. The van der Waals surface area contributed by atoms with E-state index in [0.717, 1.165) is 17.6 Å². The topological polar surface area (TPSA) is 62.6 Å². The summed E-state index contributed by atoms with van der Waals surface area (Å²) in [6.07, 6.45) is 0. The molecule has 1 atom stereocenters. The molecule has 0 aliphatic carbocycles. The Labute approximate surface area is 163 Å². The molecule has 3 rings (SSSR count). The van der Waals surface area contributed by atoms with E-state index in [1.165, 1.54) is 12.1 Å². The van der Waals surface area contributed by atoms with Gasteiger partial charge in [-0.15, -0.1) is 0 Å². The maximum Gasteiger partial charge on any atom is 0.298 e. The first kappa shape index (κ1) is 18.8. The summed E-state index contributed by atoms with van der Waals surface area (Å²) in [6, 6.07) is 11.8. The van der Waals surface area contributed by atoms with Gasteiger partial charge < -0.3 is 9.32 Å². The molecule has 0 bridgehead atoms. The normalized spacial score (nSPS) is 12.2. The van der Waals surface area contributed by atoms with Crippen LogP contribution in [-0.4, -0.2) is 23.7 Å². The lowest BCUT2D eigenvalue weighted by atomic mass is 10.2. The summed E-state index contributed by atoms with van der Waals surface area (Å²) in [6.45, 7) is 2.89. The van der Waals surface area contributed by atoms with Crippen molar-refractivity contribution in [1.82, 2.24) is 4.72 Å². The van der Waals surface area contributed by atoms with E-state index in [1.54, 1.807) is 12.1 Å². The quantitative estimate of drug-likeness (QED) is 0.664. The van der Waals surface area contributed by atoms with E-state index >= 15 is 0 Å². The third kappa shape index (κ3) is 3.87. The first-order valence-electron chi connectivity index (χ1n) is 7.81. The Morgan fingerprint density at radius 1 is 1.19 bits per heavy atom. The molecule has 0 fully saturated rings. The average Bonchev–Trinajstić information content (AvgIpc) is 3.04. The fourth-order valence-corrected chi connectivity index (χ4v) is 3.79. The van der Waals surface area contributed by atoms with Gasteiger partial charge in [-0.1, -0.05) is 23.2 Å². The monoisotopic (exact) mass is 410 g/mol. The molecule has 5 nitrogen and oxygen atoms in total. The molecule has 1 N–H and O–H groups in total. The highest BCUT2D eigenvalue weighted by Gasteiger charge is 2.18. The van der Waals surface area contributed by atoms with Crippen LogP contribution in [0.4, 0.5) is 5.69 Å². The van der Waals surface area contributed by atoms with Crippen molar-refractivity contribution < 1.29 is 13.4 Å². The van der Waals surface area contributed by atoms with Gasteiger partial charge in [0.05, 0.1) is 9.92 Å². The number of fused-ring (bicyclic) bond motifs is 1. The second-order valence-electron chi connectivity index (χ2n) is 5.62. The number of hydrogen-bond donors (Lipinski definition) is 1. The molecule has 0 saturated carbocycles. The van der Waals surface area contributed by atoms with Gasteiger partial charge in [0.2, 0.25) is 0 Å². The molecule has 136 valence electrons. The van der Waals surface area contributed by atoms with E-state index in [4.69, 9.17) is 27.6 Å². The molecule has 0 saturated heterocycles. The molecule has 1 aromatic heterocycles. The van der Waals surface area contributed by atoms with Gasteiger partial charge in [0.25, 0.3) is 5.91 Å². The van der Waals surface area contributed by atoms with E-state index in [-0.39, 0.29) is 15.7 Å². The zero-order valence-corrected chi connectivity index (χ0v) is 16.4. The molecule has 1 amide bonds. The number of anilines is 1. The highest BCUT2D eigenvalue weighted by molar-refractivity contribution is 7.83. The second-order valence-corrected chi connectivity index (χ2v) is 7.65. The Bertz CT molecular complexity index is 1000. The number of nitrogens with one attached hydrogen (secondary N) is 1. The highest BCUT2D eigenvalue weighted by Crippen LogP contribution is 2.26. The van der Waals surface area contributed by atoms with Gasteiger partial charge in [-0.05, 0) is 43.3 Å². The van der Waals surface area contributed by atoms with E-state index < -0.39 is 16.9 Å². The summed E-state index contributed by atoms with van der Waals surface area (Å²) in [5.74, 6) is -0.509. The van der Waals surface area contributed by atoms with Crippen molar-refractivity contribution in [2.24, 2.45) is 0 Å². The van der Waals surface area contributed by atoms with Crippen molar-refractivity contribution in [2.45, 2.75) is 11.8 Å². The lowest BCUT2D eigenvalue weighted by Crippen LogP contribution is -2.25. The number of amides is 1. The van der Waals surface area contributed by atoms with Crippen LogP contribution in [0.5, 0.6) is 0 Å². The number of furan rings is 1. The minimum atomic E-state index is -1.83. The number of hydrogen-bond acceptors (Lipinski definition) is 4. The number of carbonyl (C=O) groups is 1. The average molecular weight is 411 g/mol. The summed E-state index contributed by atoms with van der Waals surface area (Å²) in [7, 11) is 0.142. The van der Waals surface area contributed by atoms with Gasteiger partial charge in [-0.3, -0.25) is 9.52 Å². The molecule has 26 heavy (non-hydrogen) atoms. The third-order valence-electron chi connectivity index (χ3n) is 3.92. The first-order chi connectivity index (χ1) is 12.4. The largest absolute Gasteiger partial charge is 0.451 e. The molecule has 1 heterocycles. The Balaban J connectivity index is 1.82. The van der Waals surface area contributed by atoms with Crippen LogP contribution in [0.2, 0.25) is 10.0 Å². The highest BCUT2D eigenvalue weighted by atomic mass is 35.5. The summed E-state index contributed by atoms with van der Waals surface area (Å²) >= 11 is 11.8. The maximum absolute atomic E-state index is 12.4. The van der Waals surface area contributed by atoms with Gasteiger partial charge in [0.1, 0.15) is 5.58 Å². The standard InChI is InChI=1S/C18H16Cl2N2O3S/c1-3-22(2)13-6-4-11-8-16(25-15(11)10-13)18(23)21-26(24)17-7-5-12(19)9-14(17)20/h4-10H,3H2,1-2H3,(H,21,23). The van der Waals surface area contributed by atoms with E-state index in [0.29, 0.717) is 10.6 Å². The number of carbonyl (C=O) groups excluding carboxylic acids is 1. The SMILES string of the molecule is CCN(C)c1ccc2cc(C(=O)NS(=O)c3ccc(Cl)cc3Cl)oc2c1. The van der Waals surface area contributed by atoms with Crippen LogP contribution in [0.3, 0.4) is 0 Å². The Morgan fingerprint density at radius 3 is 2.65 bits per heavy atom. The summed E-state index contributed by atoms with van der Waals surface area (Å²) < 4.78 is 20.4. The van der Waals surface area contributed by atoms with E-state index in [9.17, 15) is 9.00 Å². The molecule has 8 heteroatoms. The summed E-state index contributed by atoms with van der Waals surface area (Å²) in [5.41, 5.74) is 1.57. The maximum atomic E-state index is 12.4. The molecule has 3 aromatic rings. The number of halogens is 2. The second kappa shape index (κ2) is 7.70. The van der Waals surface area contributed by atoms with Crippen molar-refractivity contribution in [3.8, 4) is 0 Å². The summed E-state index contributed by atoms with van der Waals surface area (Å²) in [5, 5.41) is 1.43. The van der Waals surface area contributed by atoms with Crippen LogP contribution in [0.25, 0.3) is 11.0 Å². The molecular formula is C18H16Cl2N2O3S. The van der Waals surface area contributed by atoms with Gasteiger partial charge in [-0.25, -0.2) is 4.21 Å². The van der Waals surface area contributed by atoms with Crippen LogP contribution in [0.1, 0.15) is 17.5 Å². The number of nitrogens with zero attached hydrogens (tertiary/aromatic N) is 1. The van der Waals surface area contributed by atoms with E-state index in [1.807, 2.05) is 32.2 Å². The van der Waals surface area contributed by atoms with Crippen molar-refractivity contribution >= 4 is 56.8 Å². The van der Waals surface area contributed by atoms with Crippen molar-refractivity contribution in [1.29, 1.82) is 0 Å². The fraction of sp³-hybridized carbons (Fsp3) is 0.167. The first-order valence-corrected chi connectivity index (χ1v) is 9.72. The molecule has 2 aromatic carbocycles. The molecule has 0 aliphatic rings. The predicted octanol–water partition coefficient (Wildman–Crippen LogP) is 4.65. The van der Waals surface area contributed by atoms with Gasteiger partial charge in [-0.2, -0.15) is 0 Å². The summed E-state index contributed by atoms with van der Waals surface area (Å²) in [4.78, 5) is 14.7. The zero-order chi connectivity index (χ0) is 18.8. The van der Waals surface area contributed by atoms with Gasteiger partial charge in [0, 0.05) is 35.8 Å². The predicted molar refractivity (Wildman–Crippen MR) is 105 cm³/mol.